The molecule has 26 heavy (non-hydrogen) atoms. The lowest BCUT2D eigenvalue weighted by Crippen LogP contribution is -2.19. The highest BCUT2D eigenvalue weighted by Gasteiger charge is 2.10. The molecule has 4 aromatic rings. The van der Waals surface area contributed by atoms with E-state index in [0.29, 0.717) is 11.3 Å². The summed E-state index contributed by atoms with van der Waals surface area (Å²) in [6.07, 6.45) is 0. The van der Waals surface area contributed by atoms with E-state index in [0.717, 1.165) is 28.0 Å². The van der Waals surface area contributed by atoms with Gasteiger partial charge in [-0.3, -0.25) is 9.13 Å². The lowest BCUT2D eigenvalue weighted by atomic mass is 10.2. The van der Waals surface area contributed by atoms with E-state index in [1.807, 2.05) is 48.5 Å². The number of fused-ring (bicyclic) bond motifs is 1. The molecule has 7 nitrogen and oxygen atoms in total. The SMILES string of the molecule is Cn1c(=O)n(C)c2cc(CNn3c(-c4ccccc4)n[nH]c3=S)ccc21. The van der Waals surface area contributed by atoms with Crippen molar-refractivity contribution >= 4 is 23.3 Å². The summed E-state index contributed by atoms with van der Waals surface area (Å²) in [7, 11) is 3.56. The summed E-state index contributed by atoms with van der Waals surface area (Å²) in [5.41, 5.74) is 7.09. The monoisotopic (exact) mass is 366 g/mol. The van der Waals surface area contributed by atoms with Crippen molar-refractivity contribution in [3.05, 3.63) is 69.3 Å². The molecular formula is C18H18N6OS. The van der Waals surface area contributed by atoms with Gasteiger partial charge in [0.05, 0.1) is 17.6 Å². The predicted molar refractivity (Wildman–Crippen MR) is 104 cm³/mol. The molecule has 2 heterocycles. The fourth-order valence-corrected chi connectivity index (χ4v) is 3.25. The Balaban J connectivity index is 1.65. The zero-order valence-corrected chi connectivity index (χ0v) is 15.2. The maximum absolute atomic E-state index is 12.1. The standard InChI is InChI=1S/C18H18N6OS/c1-22-14-9-8-12(10-15(14)23(2)18(22)25)11-19-24-16(20-21-17(24)26)13-6-4-3-5-7-13/h3-10,19H,11H2,1-2H3,(H,21,26). The van der Waals surface area contributed by atoms with Crippen LogP contribution in [0.3, 0.4) is 0 Å². The van der Waals surface area contributed by atoms with E-state index in [-0.39, 0.29) is 5.69 Å². The third-order valence-corrected chi connectivity index (χ3v) is 4.76. The van der Waals surface area contributed by atoms with Crippen molar-refractivity contribution in [1.29, 1.82) is 0 Å². The highest BCUT2D eigenvalue weighted by molar-refractivity contribution is 7.71. The second kappa shape index (κ2) is 6.30. The number of H-pyrrole nitrogens is 1. The molecule has 0 aliphatic heterocycles. The van der Waals surface area contributed by atoms with Crippen molar-refractivity contribution in [3.63, 3.8) is 0 Å². The maximum Gasteiger partial charge on any atom is 0.328 e. The van der Waals surface area contributed by atoms with Crippen LogP contribution in [-0.2, 0) is 20.6 Å². The van der Waals surface area contributed by atoms with Gasteiger partial charge < -0.3 is 5.43 Å². The van der Waals surface area contributed by atoms with Gasteiger partial charge in [0.15, 0.2) is 5.82 Å². The van der Waals surface area contributed by atoms with Crippen LogP contribution < -0.4 is 11.1 Å². The molecule has 0 radical (unpaired) electrons. The molecule has 0 saturated heterocycles. The average molecular weight is 366 g/mol. The lowest BCUT2D eigenvalue weighted by molar-refractivity contribution is 0.795. The molecule has 0 unspecified atom stereocenters. The van der Waals surface area contributed by atoms with Crippen molar-refractivity contribution in [1.82, 2.24) is 24.0 Å². The molecule has 0 atom stereocenters. The topological polar surface area (TPSA) is 72.6 Å². The third kappa shape index (κ3) is 2.64. The minimum absolute atomic E-state index is 0.0338. The second-order valence-electron chi connectivity index (χ2n) is 6.11. The van der Waals surface area contributed by atoms with Gasteiger partial charge in [-0.15, -0.1) is 0 Å². The van der Waals surface area contributed by atoms with E-state index < -0.39 is 0 Å². The minimum Gasteiger partial charge on any atom is -0.317 e. The van der Waals surface area contributed by atoms with Crippen molar-refractivity contribution < 1.29 is 0 Å². The molecule has 2 aromatic carbocycles. The summed E-state index contributed by atoms with van der Waals surface area (Å²) >= 11 is 5.34. The number of aromatic nitrogens is 5. The number of rotatable bonds is 4. The summed E-state index contributed by atoms with van der Waals surface area (Å²) in [6, 6.07) is 15.8. The minimum atomic E-state index is -0.0338. The van der Waals surface area contributed by atoms with Gasteiger partial charge in [0.1, 0.15) is 0 Å². The Morgan fingerprint density at radius 3 is 2.58 bits per heavy atom. The highest BCUT2D eigenvalue weighted by atomic mass is 32.1. The first-order valence-corrected chi connectivity index (χ1v) is 8.58. The van der Waals surface area contributed by atoms with E-state index in [1.54, 1.807) is 27.9 Å². The molecule has 0 saturated carbocycles. The van der Waals surface area contributed by atoms with Crippen LogP contribution in [0.1, 0.15) is 5.56 Å². The highest BCUT2D eigenvalue weighted by Crippen LogP contribution is 2.17. The first kappa shape index (κ1) is 16.3. The van der Waals surface area contributed by atoms with Crippen LogP contribution in [0, 0.1) is 4.77 Å². The van der Waals surface area contributed by atoms with Gasteiger partial charge in [-0.05, 0) is 29.9 Å². The first-order valence-electron chi connectivity index (χ1n) is 8.17. The van der Waals surface area contributed by atoms with Crippen molar-refractivity contribution in [2.45, 2.75) is 6.54 Å². The third-order valence-electron chi connectivity index (χ3n) is 4.48. The number of imidazole rings is 1. The Kier molecular flexibility index (Phi) is 3.96. The number of aryl methyl sites for hydroxylation is 2. The van der Waals surface area contributed by atoms with E-state index in [9.17, 15) is 4.79 Å². The summed E-state index contributed by atoms with van der Waals surface area (Å²) in [5, 5.41) is 7.14. The van der Waals surface area contributed by atoms with Crippen LogP contribution in [0.25, 0.3) is 22.4 Å². The number of nitrogens with zero attached hydrogens (tertiary/aromatic N) is 4. The van der Waals surface area contributed by atoms with E-state index in [1.165, 1.54) is 0 Å². The first-order chi connectivity index (χ1) is 12.6. The molecule has 8 heteroatoms. The molecule has 0 spiro atoms. The van der Waals surface area contributed by atoms with Crippen LogP contribution >= 0.6 is 12.2 Å². The molecule has 132 valence electrons. The van der Waals surface area contributed by atoms with E-state index in [2.05, 4.69) is 15.6 Å². The van der Waals surface area contributed by atoms with Crippen molar-refractivity contribution in [2.75, 3.05) is 5.43 Å². The molecule has 4 rings (SSSR count). The van der Waals surface area contributed by atoms with Gasteiger partial charge in [0.25, 0.3) is 0 Å². The van der Waals surface area contributed by atoms with Gasteiger partial charge in [0.2, 0.25) is 4.77 Å². The molecule has 2 N–H and O–H groups in total. The van der Waals surface area contributed by atoms with E-state index in [4.69, 9.17) is 12.2 Å². The molecule has 0 aliphatic carbocycles. The normalized spacial score (nSPS) is 11.2. The molecule has 2 aromatic heterocycles. The zero-order valence-electron chi connectivity index (χ0n) is 14.4. The number of hydrogen-bond donors (Lipinski definition) is 2. The van der Waals surface area contributed by atoms with Crippen LogP contribution in [0.2, 0.25) is 0 Å². The Bertz CT molecular complexity index is 1200. The largest absolute Gasteiger partial charge is 0.328 e. The van der Waals surface area contributed by atoms with Crippen LogP contribution in [0.5, 0.6) is 0 Å². The van der Waals surface area contributed by atoms with Gasteiger partial charge in [-0.1, -0.05) is 36.4 Å². The lowest BCUT2D eigenvalue weighted by Gasteiger charge is -2.10. The Hall–Kier alpha value is -3.13. The van der Waals surface area contributed by atoms with Gasteiger partial charge in [-0.25, -0.2) is 14.6 Å². The smallest absolute Gasteiger partial charge is 0.317 e. The van der Waals surface area contributed by atoms with Crippen LogP contribution in [0.15, 0.2) is 53.3 Å². The van der Waals surface area contributed by atoms with Crippen LogP contribution in [-0.4, -0.2) is 24.0 Å². The Morgan fingerprint density at radius 1 is 1.08 bits per heavy atom. The summed E-state index contributed by atoms with van der Waals surface area (Å²) in [4.78, 5) is 12.1. The number of hydrogen-bond acceptors (Lipinski definition) is 4. The van der Waals surface area contributed by atoms with Gasteiger partial charge in [0, 0.05) is 19.7 Å². The average Bonchev–Trinajstić information content (AvgIpc) is 3.14. The Morgan fingerprint density at radius 2 is 1.81 bits per heavy atom. The second-order valence-corrected chi connectivity index (χ2v) is 6.50. The fraction of sp³-hybridized carbons (Fsp3) is 0.167. The molecule has 0 aliphatic rings. The van der Waals surface area contributed by atoms with Gasteiger partial charge >= 0.3 is 5.69 Å². The van der Waals surface area contributed by atoms with Crippen LogP contribution in [0.4, 0.5) is 0 Å². The van der Waals surface area contributed by atoms with Crippen molar-refractivity contribution in [2.24, 2.45) is 14.1 Å². The zero-order chi connectivity index (χ0) is 18.3. The molecular weight excluding hydrogens is 348 g/mol. The van der Waals surface area contributed by atoms with Gasteiger partial charge in [-0.2, -0.15) is 5.10 Å². The van der Waals surface area contributed by atoms with Crippen molar-refractivity contribution in [3.8, 4) is 11.4 Å². The quantitative estimate of drug-likeness (QED) is 0.545. The Labute approximate surface area is 154 Å². The molecule has 0 fully saturated rings. The number of benzene rings is 2. The summed E-state index contributed by atoms with van der Waals surface area (Å²) in [5.74, 6) is 0.726. The summed E-state index contributed by atoms with van der Waals surface area (Å²) in [6.45, 7) is 0.548. The maximum atomic E-state index is 12.1. The predicted octanol–water partition coefficient (Wildman–Crippen LogP) is 2.54. The molecule has 0 amide bonds. The fourth-order valence-electron chi connectivity index (χ4n) is 3.06. The number of aromatic amines is 1. The summed E-state index contributed by atoms with van der Waals surface area (Å²) < 4.78 is 5.56. The van der Waals surface area contributed by atoms with E-state index >= 15 is 0 Å². The number of nitrogens with one attached hydrogen (secondary N) is 2. The molecule has 0 bridgehead atoms.